The van der Waals surface area contributed by atoms with Crippen molar-refractivity contribution in [3.63, 3.8) is 0 Å². The Labute approximate surface area is 108 Å². The molecule has 17 heavy (non-hydrogen) atoms. The van der Waals surface area contributed by atoms with Crippen molar-refractivity contribution in [3.8, 4) is 0 Å². The van der Waals surface area contributed by atoms with Gasteiger partial charge in [0.1, 0.15) is 0 Å². The van der Waals surface area contributed by atoms with Crippen molar-refractivity contribution in [2.75, 3.05) is 11.5 Å². The van der Waals surface area contributed by atoms with Crippen molar-refractivity contribution in [1.29, 1.82) is 0 Å². The molecule has 0 amide bonds. The molecule has 0 aromatic carbocycles. The lowest BCUT2D eigenvalue weighted by atomic mass is 10.2. The van der Waals surface area contributed by atoms with Gasteiger partial charge in [-0.15, -0.1) is 11.6 Å². The molecule has 0 radical (unpaired) electrons. The van der Waals surface area contributed by atoms with Crippen molar-refractivity contribution in [1.82, 2.24) is 9.78 Å². The van der Waals surface area contributed by atoms with E-state index >= 15 is 0 Å². The van der Waals surface area contributed by atoms with E-state index in [4.69, 9.17) is 11.6 Å². The van der Waals surface area contributed by atoms with Crippen LogP contribution in [0.5, 0.6) is 0 Å². The standard InChI is InChI=1S/C11H19ClN2O2S/c1-3-6-17(15,16)7-5-14-9-10(8-13-14)11(12)4-2/h8-9,11H,3-7H2,1-2H3. The van der Waals surface area contributed by atoms with Gasteiger partial charge < -0.3 is 0 Å². The van der Waals surface area contributed by atoms with Gasteiger partial charge in [0.25, 0.3) is 0 Å². The minimum atomic E-state index is -2.94. The molecule has 1 atom stereocenters. The summed E-state index contributed by atoms with van der Waals surface area (Å²) < 4.78 is 24.7. The molecule has 1 unspecified atom stereocenters. The van der Waals surface area contributed by atoms with Crippen LogP contribution in [0.4, 0.5) is 0 Å². The summed E-state index contributed by atoms with van der Waals surface area (Å²) in [6.07, 6.45) is 5.02. The van der Waals surface area contributed by atoms with Gasteiger partial charge in [-0.3, -0.25) is 4.68 Å². The summed E-state index contributed by atoms with van der Waals surface area (Å²) in [6.45, 7) is 4.26. The SMILES string of the molecule is CCCS(=O)(=O)CCn1cc(C(Cl)CC)cn1. The molecule has 6 heteroatoms. The largest absolute Gasteiger partial charge is 0.271 e. The third-order valence-corrected chi connectivity index (χ3v) is 4.92. The highest BCUT2D eigenvalue weighted by Gasteiger charge is 2.11. The van der Waals surface area contributed by atoms with E-state index in [1.807, 2.05) is 20.0 Å². The molecule has 0 N–H and O–H groups in total. The first-order chi connectivity index (χ1) is 7.98. The molecular formula is C11H19ClN2O2S. The second-order valence-electron chi connectivity index (χ2n) is 4.06. The summed E-state index contributed by atoms with van der Waals surface area (Å²) >= 11 is 6.07. The van der Waals surface area contributed by atoms with Crippen LogP contribution >= 0.6 is 11.6 Å². The number of rotatable bonds is 7. The molecule has 0 aliphatic rings. The molecule has 0 spiro atoms. The molecule has 1 rings (SSSR count). The van der Waals surface area contributed by atoms with Gasteiger partial charge in [0.2, 0.25) is 0 Å². The highest BCUT2D eigenvalue weighted by Crippen LogP contribution is 2.22. The van der Waals surface area contributed by atoms with Crippen LogP contribution < -0.4 is 0 Å². The average molecular weight is 279 g/mol. The lowest BCUT2D eigenvalue weighted by molar-refractivity contribution is 0.579. The summed E-state index contributed by atoms with van der Waals surface area (Å²) in [5.74, 6) is 0.384. The quantitative estimate of drug-likeness (QED) is 0.720. The third kappa shape index (κ3) is 4.68. The Bertz CT molecular complexity index is 442. The third-order valence-electron chi connectivity index (χ3n) is 2.52. The Morgan fingerprint density at radius 1 is 1.41 bits per heavy atom. The predicted octanol–water partition coefficient (Wildman–Crippen LogP) is 2.40. The average Bonchev–Trinajstić information content (AvgIpc) is 2.74. The lowest BCUT2D eigenvalue weighted by Gasteiger charge is -2.03. The van der Waals surface area contributed by atoms with Gasteiger partial charge in [0, 0.05) is 17.5 Å². The number of hydrogen-bond donors (Lipinski definition) is 0. The molecule has 0 fully saturated rings. The second kappa shape index (κ2) is 6.40. The molecule has 0 bridgehead atoms. The van der Waals surface area contributed by atoms with Crippen molar-refractivity contribution in [3.05, 3.63) is 18.0 Å². The number of alkyl halides is 1. The van der Waals surface area contributed by atoms with E-state index in [1.165, 1.54) is 0 Å². The van der Waals surface area contributed by atoms with Gasteiger partial charge in [0.15, 0.2) is 9.84 Å². The highest BCUT2D eigenvalue weighted by atomic mass is 35.5. The maximum Gasteiger partial charge on any atom is 0.152 e. The van der Waals surface area contributed by atoms with E-state index in [9.17, 15) is 8.42 Å². The highest BCUT2D eigenvalue weighted by molar-refractivity contribution is 7.91. The zero-order valence-corrected chi connectivity index (χ0v) is 11.8. The van der Waals surface area contributed by atoms with Gasteiger partial charge in [-0.25, -0.2) is 8.42 Å². The first kappa shape index (κ1) is 14.5. The number of aryl methyl sites for hydroxylation is 1. The first-order valence-corrected chi connectivity index (χ1v) is 8.11. The molecule has 4 nitrogen and oxygen atoms in total. The van der Waals surface area contributed by atoms with E-state index in [0.717, 1.165) is 12.0 Å². The summed E-state index contributed by atoms with van der Waals surface area (Å²) in [6, 6.07) is 0. The van der Waals surface area contributed by atoms with E-state index < -0.39 is 9.84 Å². The minimum absolute atomic E-state index is 0.0454. The predicted molar refractivity (Wildman–Crippen MR) is 70.1 cm³/mol. The molecule has 1 aromatic rings. The fourth-order valence-corrected chi connectivity index (χ4v) is 2.95. The van der Waals surface area contributed by atoms with Gasteiger partial charge in [0.05, 0.1) is 23.9 Å². The Hall–Kier alpha value is -0.550. The summed E-state index contributed by atoms with van der Waals surface area (Å²) in [5, 5.41) is 4.07. The Morgan fingerprint density at radius 3 is 2.71 bits per heavy atom. The number of halogens is 1. The van der Waals surface area contributed by atoms with Crippen LogP contribution in [0.1, 0.15) is 37.6 Å². The van der Waals surface area contributed by atoms with Crippen LogP contribution in [-0.4, -0.2) is 29.7 Å². The van der Waals surface area contributed by atoms with E-state index in [0.29, 0.717) is 13.0 Å². The monoisotopic (exact) mass is 278 g/mol. The molecule has 0 aliphatic carbocycles. The van der Waals surface area contributed by atoms with Crippen LogP contribution in [0, 0.1) is 0 Å². The maximum atomic E-state index is 11.5. The van der Waals surface area contributed by atoms with Gasteiger partial charge in [-0.2, -0.15) is 5.10 Å². The van der Waals surface area contributed by atoms with E-state index in [-0.39, 0.29) is 16.9 Å². The summed E-state index contributed by atoms with van der Waals surface area (Å²) in [4.78, 5) is 0. The first-order valence-electron chi connectivity index (χ1n) is 5.85. The van der Waals surface area contributed by atoms with Gasteiger partial charge in [-0.05, 0) is 12.8 Å². The molecular weight excluding hydrogens is 260 g/mol. The van der Waals surface area contributed by atoms with Gasteiger partial charge >= 0.3 is 0 Å². The van der Waals surface area contributed by atoms with Crippen LogP contribution in [0.25, 0.3) is 0 Å². The van der Waals surface area contributed by atoms with Gasteiger partial charge in [-0.1, -0.05) is 13.8 Å². The summed E-state index contributed by atoms with van der Waals surface area (Å²) in [5.41, 5.74) is 0.946. The minimum Gasteiger partial charge on any atom is -0.271 e. The molecule has 0 aliphatic heterocycles. The molecule has 0 saturated heterocycles. The normalized spacial score (nSPS) is 13.8. The molecule has 98 valence electrons. The molecule has 1 aromatic heterocycles. The Balaban J connectivity index is 2.56. The lowest BCUT2D eigenvalue weighted by Crippen LogP contribution is -2.15. The van der Waals surface area contributed by atoms with Crippen molar-refractivity contribution < 1.29 is 8.42 Å². The zero-order chi connectivity index (χ0) is 12.9. The van der Waals surface area contributed by atoms with E-state index in [2.05, 4.69) is 5.10 Å². The maximum absolute atomic E-state index is 11.5. The smallest absolute Gasteiger partial charge is 0.152 e. The topological polar surface area (TPSA) is 52.0 Å². The number of aromatic nitrogens is 2. The Morgan fingerprint density at radius 2 is 2.12 bits per heavy atom. The van der Waals surface area contributed by atoms with Crippen molar-refractivity contribution in [2.24, 2.45) is 0 Å². The Kier molecular flexibility index (Phi) is 5.46. The van der Waals surface area contributed by atoms with Crippen LogP contribution in [0.2, 0.25) is 0 Å². The molecule has 1 heterocycles. The number of hydrogen-bond acceptors (Lipinski definition) is 3. The molecule has 0 saturated carbocycles. The van der Waals surface area contributed by atoms with E-state index in [1.54, 1.807) is 10.9 Å². The number of nitrogens with zero attached hydrogens (tertiary/aromatic N) is 2. The van der Waals surface area contributed by atoms with Crippen molar-refractivity contribution >= 4 is 21.4 Å². The zero-order valence-electron chi connectivity index (χ0n) is 10.3. The number of sulfone groups is 1. The van der Waals surface area contributed by atoms with Crippen LogP contribution in [-0.2, 0) is 16.4 Å². The van der Waals surface area contributed by atoms with Crippen LogP contribution in [0.15, 0.2) is 12.4 Å². The summed E-state index contributed by atoms with van der Waals surface area (Å²) in [7, 11) is -2.94. The van der Waals surface area contributed by atoms with Crippen LogP contribution in [0.3, 0.4) is 0 Å². The second-order valence-corrected chi connectivity index (χ2v) is 6.89. The van der Waals surface area contributed by atoms with Crippen molar-refractivity contribution in [2.45, 2.75) is 38.6 Å². The fraction of sp³-hybridized carbons (Fsp3) is 0.727. The fourth-order valence-electron chi connectivity index (χ4n) is 1.54.